The summed E-state index contributed by atoms with van der Waals surface area (Å²) < 4.78 is 32.8. The fourth-order valence-corrected chi connectivity index (χ4v) is 4.05. The summed E-state index contributed by atoms with van der Waals surface area (Å²) in [7, 11) is 0. The van der Waals surface area contributed by atoms with Crippen LogP contribution < -0.4 is 10.6 Å². The van der Waals surface area contributed by atoms with Crippen molar-refractivity contribution in [3.05, 3.63) is 107 Å². The first-order valence-electron chi connectivity index (χ1n) is 11.6. The Balaban J connectivity index is 1.54. The van der Waals surface area contributed by atoms with Crippen LogP contribution in [0.25, 0.3) is 10.9 Å². The summed E-state index contributed by atoms with van der Waals surface area (Å²) in [6.07, 6.45) is 0.984. The number of rotatable bonds is 8. The highest BCUT2D eigenvalue weighted by atomic mass is 19.1. The van der Waals surface area contributed by atoms with Crippen LogP contribution in [0.2, 0.25) is 0 Å². The lowest BCUT2D eigenvalue weighted by Crippen LogP contribution is -2.51. The molecule has 3 N–H and O–H groups in total. The van der Waals surface area contributed by atoms with Crippen LogP contribution in [0.15, 0.2) is 79.0 Å². The summed E-state index contributed by atoms with van der Waals surface area (Å²) in [6.45, 7) is 3.16. The Morgan fingerprint density at radius 3 is 2.47 bits per heavy atom. The first kappa shape index (κ1) is 24.9. The molecule has 1 aromatic heterocycles. The average molecular weight is 492 g/mol. The summed E-state index contributed by atoms with van der Waals surface area (Å²) in [5, 5.41) is 6.30. The van der Waals surface area contributed by atoms with Gasteiger partial charge in [-0.25, -0.2) is 13.6 Å². The Kier molecular flexibility index (Phi) is 7.33. The molecule has 4 aromatic rings. The highest BCUT2D eigenvalue weighted by molar-refractivity contribution is 5.90. The lowest BCUT2D eigenvalue weighted by molar-refractivity contribution is -0.139. The van der Waals surface area contributed by atoms with Gasteiger partial charge in [0.2, 0.25) is 0 Å². The average Bonchev–Trinajstić information content (AvgIpc) is 3.26. The minimum absolute atomic E-state index is 0.0915. The third-order valence-corrected chi connectivity index (χ3v) is 6.09. The molecule has 1 heterocycles. The van der Waals surface area contributed by atoms with E-state index in [1.54, 1.807) is 13.1 Å². The molecule has 0 spiro atoms. The van der Waals surface area contributed by atoms with E-state index in [4.69, 9.17) is 4.74 Å². The van der Waals surface area contributed by atoms with Crippen LogP contribution in [0, 0.1) is 11.6 Å². The van der Waals surface area contributed by atoms with Crippen molar-refractivity contribution in [2.75, 3.05) is 0 Å². The molecule has 4 rings (SSSR count). The number of aromatic nitrogens is 1. The Labute approximate surface area is 207 Å². The molecule has 2 atom stereocenters. The second-order valence-electron chi connectivity index (χ2n) is 8.85. The molecule has 0 aliphatic rings. The van der Waals surface area contributed by atoms with Gasteiger partial charge in [0.25, 0.3) is 5.91 Å². The number of ether oxygens (including phenoxy) is 1. The number of halogens is 2. The maximum Gasteiger partial charge on any atom is 0.408 e. The van der Waals surface area contributed by atoms with Crippen LogP contribution in [0.5, 0.6) is 0 Å². The lowest BCUT2D eigenvalue weighted by atomic mass is 9.94. The maximum absolute atomic E-state index is 14.0. The second-order valence-corrected chi connectivity index (χ2v) is 8.85. The number of carbonyl (C=O) groups excluding carboxylic acids is 2. The van der Waals surface area contributed by atoms with Gasteiger partial charge >= 0.3 is 6.09 Å². The monoisotopic (exact) mass is 491 g/mol. The Bertz CT molecular complexity index is 1370. The standard InChI is InChI=1S/C28H27F2N3O3/c1-18(19-8-4-3-5-9-19)33-26(34)28(2,15-21-17-31-25-11-7-6-10-23(21)25)36-27(35)32-16-20-12-13-22(29)14-24(20)30/h3-14,17-18,31H,15-16H2,1-2H3,(H,32,35)(H,33,34)/t18-,28+/m0/s1. The highest BCUT2D eigenvalue weighted by Gasteiger charge is 2.39. The minimum atomic E-state index is -1.58. The van der Waals surface area contributed by atoms with Crippen molar-refractivity contribution < 1.29 is 23.1 Å². The minimum Gasteiger partial charge on any atom is -0.433 e. The van der Waals surface area contributed by atoms with Crippen LogP contribution in [0.4, 0.5) is 13.6 Å². The van der Waals surface area contributed by atoms with E-state index in [-0.39, 0.29) is 24.6 Å². The molecule has 6 nitrogen and oxygen atoms in total. The normalized spacial score (nSPS) is 13.6. The molecule has 3 aromatic carbocycles. The van der Waals surface area contributed by atoms with Gasteiger partial charge in [-0.05, 0) is 37.1 Å². The number of hydrogen-bond donors (Lipinski definition) is 3. The number of aromatic amines is 1. The molecule has 8 heteroatoms. The molecule has 36 heavy (non-hydrogen) atoms. The third-order valence-electron chi connectivity index (χ3n) is 6.09. The number of carbonyl (C=O) groups is 2. The number of hydrogen-bond acceptors (Lipinski definition) is 3. The van der Waals surface area contributed by atoms with E-state index in [0.29, 0.717) is 0 Å². The Morgan fingerprint density at radius 2 is 1.72 bits per heavy atom. The lowest BCUT2D eigenvalue weighted by Gasteiger charge is -2.30. The predicted octanol–water partition coefficient (Wildman–Crippen LogP) is 5.55. The number of fused-ring (bicyclic) bond motifs is 1. The van der Waals surface area contributed by atoms with Crippen LogP contribution in [-0.4, -0.2) is 22.6 Å². The summed E-state index contributed by atoms with van der Waals surface area (Å²) >= 11 is 0. The molecule has 186 valence electrons. The number of amides is 2. The largest absolute Gasteiger partial charge is 0.433 e. The van der Waals surface area contributed by atoms with E-state index in [1.807, 2.05) is 61.5 Å². The van der Waals surface area contributed by atoms with Crippen molar-refractivity contribution in [1.82, 2.24) is 15.6 Å². The van der Waals surface area contributed by atoms with Gasteiger partial charge in [0.15, 0.2) is 5.60 Å². The van der Waals surface area contributed by atoms with Gasteiger partial charge in [0, 0.05) is 41.7 Å². The first-order valence-corrected chi connectivity index (χ1v) is 11.6. The van der Waals surface area contributed by atoms with Gasteiger partial charge in [-0.3, -0.25) is 4.79 Å². The highest BCUT2D eigenvalue weighted by Crippen LogP contribution is 2.26. The van der Waals surface area contributed by atoms with Gasteiger partial charge < -0.3 is 20.4 Å². The van der Waals surface area contributed by atoms with Crippen LogP contribution in [-0.2, 0) is 22.5 Å². The van der Waals surface area contributed by atoms with Crippen molar-refractivity contribution in [3.8, 4) is 0 Å². The summed E-state index contributed by atoms with van der Waals surface area (Å²) in [4.78, 5) is 29.4. The fraction of sp³-hybridized carbons (Fsp3) is 0.214. The molecule has 0 aliphatic carbocycles. The second kappa shape index (κ2) is 10.6. The number of benzene rings is 3. The number of alkyl carbamates (subject to hydrolysis) is 1. The van der Waals surface area contributed by atoms with Gasteiger partial charge in [0.1, 0.15) is 11.6 Å². The summed E-state index contributed by atoms with van der Waals surface area (Å²) in [5.74, 6) is -1.98. The molecule has 0 aliphatic heterocycles. The van der Waals surface area contributed by atoms with Crippen LogP contribution in [0.3, 0.4) is 0 Å². The zero-order valence-electron chi connectivity index (χ0n) is 20.0. The first-order chi connectivity index (χ1) is 17.2. The van der Waals surface area contributed by atoms with Gasteiger partial charge in [0.05, 0.1) is 6.04 Å². The zero-order valence-corrected chi connectivity index (χ0v) is 20.0. The topological polar surface area (TPSA) is 83.2 Å². The molecule has 0 fully saturated rings. The summed E-state index contributed by atoms with van der Waals surface area (Å²) in [5.41, 5.74) is 1.10. The molecule has 0 radical (unpaired) electrons. The van der Waals surface area contributed by atoms with Crippen molar-refractivity contribution >= 4 is 22.9 Å². The maximum atomic E-state index is 14.0. The van der Waals surface area contributed by atoms with E-state index < -0.39 is 29.2 Å². The molecule has 0 saturated carbocycles. The van der Waals surface area contributed by atoms with Crippen molar-refractivity contribution in [3.63, 3.8) is 0 Å². The Morgan fingerprint density at radius 1 is 1.00 bits per heavy atom. The third kappa shape index (κ3) is 5.71. The number of H-pyrrole nitrogens is 1. The number of para-hydroxylation sites is 1. The van der Waals surface area contributed by atoms with Crippen molar-refractivity contribution in [2.24, 2.45) is 0 Å². The molecule has 0 saturated heterocycles. The van der Waals surface area contributed by atoms with Crippen molar-refractivity contribution in [2.45, 2.75) is 38.5 Å². The van der Waals surface area contributed by atoms with E-state index in [9.17, 15) is 18.4 Å². The summed E-state index contributed by atoms with van der Waals surface area (Å²) in [6, 6.07) is 19.8. The van der Waals surface area contributed by atoms with Crippen LogP contribution >= 0.6 is 0 Å². The van der Waals surface area contributed by atoms with E-state index in [0.717, 1.165) is 34.2 Å². The van der Waals surface area contributed by atoms with E-state index >= 15 is 0 Å². The quantitative estimate of drug-likeness (QED) is 0.302. The molecular weight excluding hydrogens is 464 g/mol. The molecular formula is C28H27F2N3O3. The fourth-order valence-electron chi connectivity index (χ4n) is 4.05. The SMILES string of the molecule is C[C@H](NC(=O)[C@@](C)(Cc1c[nH]c2ccccc12)OC(=O)NCc1ccc(F)cc1F)c1ccccc1. The predicted molar refractivity (Wildman–Crippen MR) is 133 cm³/mol. The van der Waals surface area contributed by atoms with E-state index in [1.165, 1.54) is 6.07 Å². The Hall–Kier alpha value is -4.20. The smallest absolute Gasteiger partial charge is 0.408 e. The van der Waals surface area contributed by atoms with Gasteiger partial charge in [-0.15, -0.1) is 0 Å². The van der Waals surface area contributed by atoms with Crippen molar-refractivity contribution in [1.29, 1.82) is 0 Å². The van der Waals surface area contributed by atoms with Crippen LogP contribution in [0.1, 0.15) is 36.6 Å². The number of nitrogens with one attached hydrogen (secondary N) is 3. The van der Waals surface area contributed by atoms with E-state index in [2.05, 4.69) is 15.6 Å². The van der Waals surface area contributed by atoms with Gasteiger partial charge in [-0.1, -0.05) is 54.6 Å². The molecule has 2 amide bonds. The molecule has 0 bridgehead atoms. The zero-order chi connectivity index (χ0) is 25.7. The van der Waals surface area contributed by atoms with Gasteiger partial charge in [-0.2, -0.15) is 0 Å². The molecule has 0 unspecified atom stereocenters.